The molecule has 2 aromatic carbocycles. The van der Waals surface area contributed by atoms with Crippen molar-refractivity contribution in [3.05, 3.63) is 54.1 Å². The van der Waals surface area contributed by atoms with Crippen LogP contribution in [0.1, 0.15) is 29.1 Å². The molecule has 0 spiro atoms. The molecule has 114 valence electrons. The van der Waals surface area contributed by atoms with E-state index in [0.29, 0.717) is 0 Å². The molecular formula is C20H25N2+. The van der Waals surface area contributed by atoms with Crippen LogP contribution in [0.3, 0.4) is 0 Å². The van der Waals surface area contributed by atoms with E-state index < -0.39 is 11.9 Å². The lowest BCUT2D eigenvalue weighted by atomic mass is 9.96. The molecule has 0 aliphatic rings. The van der Waals surface area contributed by atoms with Crippen LogP contribution in [0.2, 0.25) is 0 Å². The van der Waals surface area contributed by atoms with Crippen LogP contribution in [0.15, 0.2) is 48.5 Å². The summed E-state index contributed by atoms with van der Waals surface area (Å²) in [6.45, 7) is 6.38. The molecule has 1 heterocycles. The Morgan fingerprint density at radius 2 is 1.68 bits per heavy atom. The number of para-hydroxylation sites is 2. The first-order valence-electron chi connectivity index (χ1n) is 8.72. The van der Waals surface area contributed by atoms with E-state index in [1.807, 2.05) is 68.8 Å². The Bertz CT molecular complexity index is 902. The lowest BCUT2D eigenvalue weighted by molar-refractivity contribution is -0.673. The first kappa shape index (κ1) is 12.5. The highest BCUT2D eigenvalue weighted by molar-refractivity contribution is 5.76. The summed E-state index contributed by atoms with van der Waals surface area (Å²) in [4.78, 5) is 0. The largest absolute Gasteiger partial charge is 0.289 e. The minimum Gasteiger partial charge on any atom is -0.226 e. The van der Waals surface area contributed by atoms with Gasteiger partial charge in [0.15, 0.2) is 11.0 Å². The summed E-state index contributed by atoms with van der Waals surface area (Å²) in [5.74, 6) is 0.897. The first-order valence-corrected chi connectivity index (χ1v) is 7.72. The van der Waals surface area contributed by atoms with Gasteiger partial charge in [-0.25, -0.2) is 9.13 Å². The number of aryl methyl sites for hydroxylation is 2. The topological polar surface area (TPSA) is 8.81 Å². The average Bonchev–Trinajstić information content (AvgIpc) is 2.81. The van der Waals surface area contributed by atoms with E-state index in [1.54, 1.807) is 0 Å². The second kappa shape index (κ2) is 5.28. The second-order valence-electron chi connectivity index (χ2n) is 6.88. The van der Waals surface area contributed by atoms with Gasteiger partial charge in [-0.15, -0.1) is 0 Å². The molecule has 22 heavy (non-hydrogen) atoms. The number of hydrogen-bond acceptors (Lipinski definition) is 0. The summed E-state index contributed by atoms with van der Waals surface area (Å²) in [5.41, 5.74) is 3.60. The summed E-state index contributed by atoms with van der Waals surface area (Å²) >= 11 is 0. The Balaban J connectivity index is 2.48. The van der Waals surface area contributed by atoms with Crippen molar-refractivity contribution in [2.75, 3.05) is 0 Å². The van der Waals surface area contributed by atoms with Crippen LogP contribution in [-0.4, -0.2) is 4.57 Å². The number of aromatic nitrogens is 2. The predicted octanol–water partition coefficient (Wildman–Crippen LogP) is 4.49. The maximum Gasteiger partial charge on any atom is 0.289 e. The van der Waals surface area contributed by atoms with E-state index >= 15 is 0 Å². The molecule has 0 unspecified atom stereocenters. The minimum atomic E-state index is -1.54. The van der Waals surface area contributed by atoms with Crippen molar-refractivity contribution in [2.45, 2.75) is 34.2 Å². The molecule has 0 fully saturated rings. The fraction of sp³-hybridized carbons (Fsp3) is 0.350. The van der Waals surface area contributed by atoms with Crippen LogP contribution in [0, 0.1) is 12.3 Å². The Morgan fingerprint density at radius 1 is 1.05 bits per heavy atom. The lowest BCUT2D eigenvalue weighted by Crippen LogP contribution is -2.41. The molecule has 0 bridgehead atoms. The zero-order chi connectivity index (χ0) is 17.7. The molecule has 0 saturated heterocycles. The van der Waals surface area contributed by atoms with Gasteiger partial charge in [-0.3, -0.25) is 0 Å². The highest BCUT2D eigenvalue weighted by Gasteiger charge is 2.28. The molecule has 2 heteroatoms. The van der Waals surface area contributed by atoms with Crippen molar-refractivity contribution in [1.82, 2.24) is 4.57 Å². The Hall–Kier alpha value is -2.09. The summed E-state index contributed by atoms with van der Waals surface area (Å²) in [6, 6.07) is 16.2. The van der Waals surface area contributed by atoms with Crippen LogP contribution < -0.4 is 4.57 Å². The van der Waals surface area contributed by atoms with Gasteiger partial charge in [0, 0.05) is 0 Å². The van der Waals surface area contributed by atoms with Crippen molar-refractivity contribution in [2.24, 2.45) is 12.5 Å². The Kier molecular flexibility index (Phi) is 2.99. The normalized spacial score (nSPS) is 14.0. The Morgan fingerprint density at radius 3 is 2.36 bits per heavy atom. The molecule has 0 atom stereocenters. The van der Waals surface area contributed by atoms with Crippen LogP contribution in [0.4, 0.5) is 0 Å². The molecule has 0 saturated carbocycles. The highest BCUT2D eigenvalue weighted by atomic mass is 15.2. The summed E-state index contributed by atoms with van der Waals surface area (Å²) in [5, 5.41) is 0. The van der Waals surface area contributed by atoms with Gasteiger partial charge in [-0.2, -0.15) is 0 Å². The third-order valence-corrected chi connectivity index (χ3v) is 3.85. The van der Waals surface area contributed by atoms with Crippen molar-refractivity contribution < 1.29 is 7.31 Å². The van der Waals surface area contributed by atoms with Crippen molar-refractivity contribution in [1.29, 1.82) is 0 Å². The van der Waals surface area contributed by atoms with E-state index in [0.717, 1.165) is 28.0 Å². The number of hydrogen-bond donors (Lipinski definition) is 0. The number of rotatable bonds is 2. The van der Waals surface area contributed by atoms with Crippen LogP contribution in [0.5, 0.6) is 0 Å². The molecule has 1 aromatic heterocycles. The van der Waals surface area contributed by atoms with Crippen molar-refractivity contribution in [3.8, 4) is 11.4 Å². The number of fused-ring (bicyclic) bond motifs is 1. The van der Waals surface area contributed by atoms with E-state index in [4.69, 9.17) is 2.74 Å². The zero-order valence-corrected chi connectivity index (χ0v) is 14.0. The van der Waals surface area contributed by atoms with Gasteiger partial charge in [0.2, 0.25) is 0 Å². The van der Waals surface area contributed by atoms with Crippen LogP contribution in [0.25, 0.3) is 22.4 Å². The van der Waals surface area contributed by atoms with E-state index in [9.17, 15) is 0 Å². The molecule has 0 aliphatic heterocycles. The molecule has 0 radical (unpaired) electrons. The van der Waals surface area contributed by atoms with Gasteiger partial charge in [-0.1, -0.05) is 51.1 Å². The van der Waals surface area contributed by atoms with Gasteiger partial charge < -0.3 is 0 Å². The minimum absolute atomic E-state index is 0.542. The van der Waals surface area contributed by atoms with Gasteiger partial charge in [0.25, 0.3) is 5.82 Å². The molecule has 0 N–H and O–H groups in total. The van der Waals surface area contributed by atoms with E-state index in [2.05, 4.69) is 23.6 Å². The molecule has 0 amide bonds. The Labute approximate surface area is 135 Å². The van der Waals surface area contributed by atoms with Gasteiger partial charge in [0.05, 0.1) is 21.8 Å². The standard InChI is InChI=1S/C20H25N2/c1-15-10-6-7-11-16(15)19-21(5)17-12-8-9-13-18(17)22(19)14-20(2,3)4/h6-13H,14H2,1-5H3/q+1/i14D2. The van der Waals surface area contributed by atoms with E-state index in [1.165, 1.54) is 0 Å². The zero-order valence-electron chi connectivity index (χ0n) is 16.0. The highest BCUT2D eigenvalue weighted by Crippen LogP contribution is 2.26. The quantitative estimate of drug-likeness (QED) is 0.616. The number of imidazole rings is 1. The lowest BCUT2D eigenvalue weighted by Gasteiger charge is -2.17. The summed E-state index contributed by atoms with van der Waals surface area (Å²) < 4.78 is 21.7. The fourth-order valence-corrected chi connectivity index (χ4v) is 2.89. The van der Waals surface area contributed by atoms with Crippen LogP contribution >= 0.6 is 0 Å². The maximum atomic E-state index is 8.89. The predicted molar refractivity (Wildman–Crippen MR) is 92.7 cm³/mol. The summed E-state index contributed by atoms with van der Waals surface area (Å²) in [6.07, 6.45) is 0. The monoisotopic (exact) mass is 295 g/mol. The molecule has 3 aromatic rings. The second-order valence-corrected chi connectivity index (χ2v) is 6.88. The number of nitrogens with zero attached hydrogens (tertiary/aromatic N) is 2. The van der Waals surface area contributed by atoms with Crippen LogP contribution in [-0.2, 0) is 13.5 Å². The third kappa shape index (κ3) is 2.54. The third-order valence-electron chi connectivity index (χ3n) is 3.85. The maximum absolute atomic E-state index is 8.89. The van der Waals surface area contributed by atoms with Gasteiger partial charge in [0.1, 0.15) is 0 Å². The summed E-state index contributed by atoms with van der Waals surface area (Å²) in [7, 11) is 2.01. The van der Waals surface area contributed by atoms with Crippen molar-refractivity contribution >= 4 is 11.0 Å². The van der Waals surface area contributed by atoms with E-state index in [-0.39, 0.29) is 0 Å². The average molecular weight is 295 g/mol. The van der Waals surface area contributed by atoms with Crippen molar-refractivity contribution in [3.63, 3.8) is 0 Å². The number of benzene rings is 2. The SMILES string of the molecule is [2H]C([2H])([n+]1c(-c2ccccc2C)n(C)c2ccccc21)C(C)(C)C. The fourth-order valence-electron chi connectivity index (χ4n) is 2.89. The first-order chi connectivity index (χ1) is 11.2. The molecular weight excluding hydrogens is 268 g/mol. The van der Waals surface area contributed by atoms with Gasteiger partial charge in [-0.05, 0) is 36.1 Å². The molecule has 0 aliphatic carbocycles. The molecule has 2 nitrogen and oxygen atoms in total. The van der Waals surface area contributed by atoms with Gasteiger partial charge >= 0.3 is 0 Å². The smallest absolute Gasteiger partial charge is 0.226 e. The molecule has 3 rings (SSSR count).